The smallest absolute Gasteiger partial charge is 0.179 e. The summed E-state index contributed by atoms with van der Waals surface area (Å²) >= 11 is 0. The summed E-state index contributed by atoms with van der Waals surface area (Å²) in [6, 6.07) is 92.2. The second-order valence-corrected chi connectivity index (χ2v) is 20.7. The fourth-order valence-electron chi connectivity index (χ4n) is 10.9. The van der Waals surface area contributed by atoms with Gasteiger partial charge in [0.2, 0.25) is 0 Å². The van der Waals surface area contributed by atoms with Crippen molar-refractivity contribution < 1.29 is 0 Å². The second kappa shape index (κ2) is 14.5. The van der Waals surface area contributed by atoms with Crippen molar-refractivity contribution in [1.29, 1.82) is 0 Å². The van der Waals surface area contributed by atoms with Crippen LogP contribution in [-0.4, -0.2) is 21.8 Å². The Morgan fingerprint density at radius 2 is 0.641 bits per heavy atom. The maximum atomic E-state index is 2.47. The molecule has 3 heterocycles. The van der Waals surface area contributed by atoms with E-state index in [0.717, 1.165) is 11.4 Å². The summed E-state index contributed by atoms with van der Waals surface area (Å²) in [5.74, 6) is 0. The topological polar surface area (TPSA) is 14.8 Å². The van der Waals surface area contributed by atoms with E-state index < -0.39 is 8.07 Å². The molecule has 4 heteroatoms. The highest BCUT2D eigenvalue weighted by molar-refractivity contribution is 7.19. The summed E-state index contributed by atoms with van der Waals surface area (Å²) in [6.45, 7) is 0. The summed E-state index contributed by atoms with van der Waals surface area (Å²) in [5.41, 5.74) is 13.2. The normalized spacial score (nSPS) is 12.1. The lowest BCUT2D eigenvalue weighted by molar-refractivity contribution is 1.15. The molecule has 13 rings (SSSR count). The molecule has 0 aliphatic carbocycles. The molecule has 3 nitrogen and oxygen atoms in total. The van der Waals surface area contributed by atoms with Crippen molar-refractivity contribution in [2.75, 3.05) is 0 Å². The van der Waals surface area contributed by atoms with Gasteiger partial charge in [0, 0.05) is 38.6 Å². The zero-order chi connectivity index (χ0) is 42.2. The van der Waals surface area contributed by atoms with Crippen LogP contribution in [0.2, 0.25) is 0 Å². The lowest BCUT2D eigenvalue weighted by Crippen LogP contribution is -2.74. The summed E-state index contributed by atoms with van der Waals surface area (Å²) < 4.78 is 7.34. The van der Waals surface area contributed by atoms with Crippen molar-refractivity contribution in [3.8, 4) is 28.2 Å². The van der Waals surface area contributed by atoms with Gasteiger partial charge in [0.15, 0.2) is 8.07 Å². The summed E-state index contributed by atoms with van der Waals surface area (Å²) in [4.78, 5) is 0. The van der Waals surface area contributed by atoms with Gasteiger partial charge < -0.3 is 13.7 Å². The van der Waals surface area contributed by atoms with Crippen LogP contribution in [0.5, 0.6) is 0 Å². The number of nitrogens with zero attached hydrogens (tertiary/aromatic N) is 3. The van der Waals surface area contributed by atoms with Gasteiger partial charge in [-0.3, -0.25) is 0 Å². The molecular formula is C60H41N3Si. The first-order chi connectivity index (χ1) is 31.8. The summed E-state index contributed by atoms with van der Waals surface area (Å²) in [5, 5.41) is 10.5. The SMILES string of the molecule is c1ccc(-c2cccc([Si](c3ccccc3)(c3ccccc3)c3ccc(-n4c5ccccc5c5ccc(-n6c7cccc8c7c7c(cccc76)n8-c6ccccc6)cc54)cc3)c2)cc1. The molecule has 0 aliphatic heterocycles. The van der Waals surface area contributed by atoms with Crippen LogP contribution in [0.1, 0.15) is 0 Å². The Labute approximate surface area is 372 Å². The monoisotopic (exact) mass is 831 g/mol. The van der Waals surface area contributed by atoms with Gasteiger partial charge >= 0.3 is 0 Å². The number of hydrogen-bond donors (Lipinski definition) is 0. The van der Waals surface area contributed by atoms with Crippen LogP contribution in [0, 0.1) is 0 Å². The number of aromatic nitrogens is 3. The van der Waals surface area contributed by atoms with Crippen LogP contribution in [-0.2, 0) is 0 Å². The van der Waals surface area contributed by atoms with E-state index in [4.69, 9.17) is 0 Å². The molecule has 0 fully saturated rings. The Kier molecular flexibility index (Phi) is 8.23. The molecule has 0 atom stereocenters. The Bertz CT molecular complexity index is 3700. The number of benzene rings is 10. The lowest BCUT2D eigenvalue weighted by atomic mass is 10.1. The van der Waals surface area contributed by atoms with Crippen LogP contribution in [0.15, 0.2) is 249 Å². The van der Waals surface area contributed by atoms with Crippen LogP contribution in [0.3, 0.4) is 0 Å². The third kappa shape index (κ3) is 5.33. The molecular weight excluding hydrogens is 791 g/mol. The Hall–Kier alpha value is -8.18. The number of rotatable bonds is 8. The molecule has 0 unspecified atom stereocenters. The maximum Gasteiger partial charge on any atom is 0.179 e. The number of hydrogen-bond acceptors (Lipinski definition) is 0. The van der Waals surface area contributed by atoms with E-state index in [9.17, 15) is 0 Å². The van der Waals surface area contributed by atoms with Crippen molar-refractivity contribution in [2.45, 2.75) is 0 Å². The van der Waals surface area contributed by atoms with E-state index in [1.807, 2.05) is 0 Å². The van der Waals surface area contributed by atoms with Gasteiger partial charge in [0.25, 0.3) is 0 Å². The van der Waals surface area contributed by atoms with E-state index in [-0.39, 0.29) is 0 Å². The van der Waals surface area contributed by atoms with Gasteiger partial charge in [-0.05, 0) is 98.6 Å². The number of fused-ring (bicyclic) bond motifs is 3. The zero-order valence-electron chi connectivity index (χ0n) is 35.0. The fraction of sp³-hybridized carbons (Fsp3) is 0. The maximum absolute atomic E-state index is 2.82. The standard InChI is InChI=1S/C60H41N3Si/c1-5-18-42(19-6-1)43-20-15-27-50(40-43)64(47-23-9-3-10-24-47,48-25-11-4-12-26-48)49-37-34-45(35-38-49)61-53-29-14-13-28-51(53)52-39-36-46(41-58(52)61)63-56-32-16-30-54-59(56)60-55(31-17-33-57(60)63)62(54)44-21-7-2-8-22-44/h1-41H. The van der Waals surface area contributed by atoms with Crippen LogP contribution < -0.4 is 20.7 Å². The van der Waals surface area contributed by atoms with Gasteiger partial charge in [-0.1, -0.05) is 182 Å². The minimum Gasteiger partial charge on any atom is -0.309 e. The predicted octanol–water partition coefficient (Wildman–Crippen LogP) is 12.3. The Morgan fingerprint density at radius 3 is 1.27 bits per heavy atom. The quantitative estimate of drug-likeness (QED) is 0.107. The second-order valence-electron chi connectivity index (χ2n) is 16.9. The molecule has 0 amide bonds. The largest absolute Gasteiger partial charge is 0.309 e. The Morgan fingerprint density at radius 1 is 0.234 bits per heavy atom. The molecule has 64 heavy (non-hydrogen) atoms. The molecule has 0 bridgehead atoms. The first-order valence-electron chi connectivity index (χ1n) is 22.1. The molecule has 0 N–H and O–H groups in total. The minimum absolute atomic E-state index is 1.14. The molecule has 300 valence electrons. The average molecular weight is 832 g/mol. The molecule has 0 aliphatic rings. The van der Waals surface area contributed by atoms with Gasteiger partial charge in [0.05, 0.1) is 33.1 Å². The molecule has 10 aromatic carbocycles. The van der Waals surface area contributed by atoms with Gasteiger partial charge in [-0.2, -0.15) is 0 Å². The van der Waals surface area contributed by atoms with E-state index in [1.165, 1.54) is 92.2 Å². The fourth-order valence-corrected chi connectivity index (χ4v) is 15.7. The molecule has 0 radical (unpaired) electrons. The first kappa shape index (κ1) is 36.5. The van der Waals surface area contributed by atoms with Crippen molar-refractivity contribution >= 4 is 83.5 Å². The lowest BCUT2D eigenvalue weighted by Gasteiger charge is -2.35. The average Bonchev–Trinajstić information content (AvgIpc) is 4.02. The number of para-hydroxylation sites is 2. The summed E-state index contributed by atoms with van der Waals surface area (Å²) in [7, 11) is -2.82. The Balaban J connectivity index is 1.01. The van der Waals surface area contributed by atoms with Crippen molar-refractivity contribution in [2.24, 2.45) is 0 Å². The third-order valence-corrected chi connectivity index (χ3v) is 18.3. The zero-order valence-corrected chi connectivity index (χ0v) is 36.0. The molecule has 0 saturated carbocycles. The van der Waals surface area contributed by atoms with Crippen LogP contribution in [0.25, 0.3) is 82.8 Å². The van der Waals surface area contributed by atoms with Gasteiger partial charge in [-0.15, -0.1) is 0 Å². The van der Waals surface area contributed by atoms with E-state index >= 15 is 0 Å². The highest BCUT2D eigenvalue weighted by Gasteiger charge is 2.41. The summed E-state index contributed by atoms with van der Waals surface area (Å²) in [6.07, 6.45) is 0. The highest BCUT2D eigenvalue weighted by atomic mass is 28.3. The molecule has 13 aromatic rings. The minimum atomic E-state index is -2.82. The first-order valence-corrected chi connectivity index (χ1v) is 24.1. The van der Waals surface area contributed by atoms with Crippen molar-refractivity contribution in [3.63, 3.8) is 0 Å². The third-order valence-electron chi connectivity index (χ3n) is 13.6. The van der Waals surface area contributed by atoms with Crippen molar-refractivity contribution in [1.82, 2.24) is 13.7 Å². The molecule has 0 saturated heterocycles. The van der Waals surface area contributed by atoms with Gasteiger partial charge in [-0.25, -0.2) is 0 Å². The van der Waals surface area contributed by atoms with Crippen molar-refractivity contribution in [3.05, 3.63) is 249 Å². The molecule has 3 aromatic heterocycles. The van der Waals surface area contributed by atoms with Crippen LogP contribution in [0.4, 0.5) is 0 Å². The predicted molar refractivity (Wildman–Crippen MR) is 272 cm³/mol. The van der Waals surface area contributed by atoms with Crippen LogP contribution >= 0.6 is 0 Å². The highest BCUT2D eigenvalue weighted by Crippen LogP contribution is 2.43. The molecule has 0 spiro atoms. The van der Waals surface area contributed by atoms with E-state index in [2.05, 4.69) is 262 Å². The van der Waals surface area contributed by atoms with E-state index in [0.29, 0.717) is 0 Å². The van der Waals surface area contributed by atoms with E-state index in [1.54, 1.807) is 0 Å². The van der Waals surface area contributed by atoms with Gasteiger partial charge in [0.1, 0.15) is 0 Å².